The predicted molar refractivity (Wildman–Crippen MR) is 97.2 cm³/mol. The summed E-state index contributed by atoms with van der Waals surface area (Å²) in [4.78, 5) is 8.30. The van der Waals surface area contributed by atoms with E-state index >= 15 is 0 Å². The van der Waals surface area contributed by atoms with Crippen LogP contribution in [-0.4, -0.2) is 33.7 Å². The number of hydrogen-bond donors (Lipinski definition) is 1. The van der Waals surface area contributed by atoms with E-state index in [1.165, 1.54) is 16.9 Å². The number of aromatic nitrogens is 4. The van der Waals surface area contributed by atoms with E-state index in [0.717, 1.165) is 30.4 Å². The summed E-state index contributed by atoms with van der Waals surface area (Å²) >= 11 is 0. The molecule has 0 radical (unpaired) electrons. The lowest BCUT2D eigenvalue weighted by Crippen LogP contribution is -2.29. The van der Waals surface area contributed by atoms with E-state index in [2.05, 4.69) is 22.0 Å². The van der Waals surface area contributed by atoms with E-state index in [4.69, 9.17) is 0 Å². The maximum atomic E-state index is 12.4. The molecule has 0 amide bonds. The van der Waals surface area contributed by atoms with Gasteiger partial charge in [0, 0.05) is 23.7 Å². The fourth-order valence-electron chi connectivity index (χ4n) is 2.44. The van der Waals surface area contributed by atoms with Crippen molar-refractivity contribution in [2.45, 2.75) is 25.3 Å². The van der Waals surface area contributed by atoms with Gasteiger partial charge in [-0.3, -0.25) is 14.7 Å². The van der Waals surface area contributed by atoms with Gasteiger partial charge in [-0.15, -0.1) is 0 Å². The van der Waals surface area contributed by atoms with Crippen LogP contribution in [0.15, 0.2) is 49.1 Å². The lowest BCUT2D eigenvalue weighted by molar-refractivity contribution is -0.0429. The maximum Gasteiger partial charge on any atom is 0.516 e. The topological polar surface area (TPSA) is 89.8 Å². The van der Waals surface area contributed by atoms with Gasteiger partial charge in [0.1, 0.15) is 0 Å². The fraction of sp³-hybridized carbons (Fsp3) is 0.235. The molecular formula is C17H16F3N5O2S. The molecule has 3 aromatic heterocycles. The number of anilines is 1. The Morgan fingerprint density at radius 3 is 2.57 bits per heavy atom. The van der Waals surface area contributed by atoms with Crippen LogP contribution in [0.1, 0.15) is 19.0 Å². The molecule has 0 atom stereocenters. The van der Waals surface area contributed by atoms with Crippen molar-refractivity contribution in [2.24, 2.45) is 0 Å². The van der Waals surface area contributed by atoms with Gasteiger partial charge >= 0.3 is 15.5 Å². The first-order valence-electron chi connectivity index (χ1n) is 8.25. The monoisotopic (exact) mass is 411 g/mol. The second-order valence-corrected chi connectivity index (χ2v) is 7.59. The van der Waals surface area contributed by atoms with Crippen LogP contribution in [-0.2, 0) is 16.4 Å². The van der Waals surface area contributed by atoms with Gasteiger partial charge in [-0.25, -0.2) is 4.68 Å². The summed E-state index contributed by atoms with van der Waals surface area (Å²) < 4.78 is 62.6. The highest BCUT2D eigenvalue weighted by molar-refractivity contribution is 7.93. The summed E-state index contributed by atoms with van der Waals surface area (Å²) in [5.74, 6) is 0. The van der Waals surface area contributed by atoms with Crippen molar-refractivity contribution in [3.05, 3.63) is 54.7 Å². The maximum absolute atomic E-state index is 12.4. The lowest BCUT2D eigenvalue weighted by atomic mass is 10.2. The zero-order chi connectivity index (χ0) is 20.4. The molecule has 0 unspecified atom stereocenters. The first-order chi connectivity index (χ1) is 13.2. The highest BCUT2D eigenvalue weighted by atomic mass is 32.2. The standard InChI is InChI=1S/C17H16F3N5O2S/c1-2-3-13-8-15(6-7-21-13)25-11-12(9-23-25)16-5-4-14(10-22-16)24-28(26,27)17(18,19)20/h4-11,24H,2-3H2,1H3. The molecule has 0 aliphatic rings. The quantitative estimate of drug-likeness (QED) is 0.670. The van der Waals surface area contributed by atoms with Crippen LogP contribution in [0.4, 0.5) is 18.9 Å². The van der Waals surface area contributed by atoms with Crippen molar-refractivity contribution >= 4 is 15.7 Å². The number of alkyl halides is 3. The Balaban J connectivity index is 1.80. The zero-order valence-corrected chi connectivity index (χ0v) is 15.5. The number of hydrogen-bond acceptors (Lipinski definition) is 5. The fourth-order valence-corrected chi connectivity index (χ4v) is 2.98. The van der Waals surface area contributed by atoms with Gasteiger partial charge < -0.3 is 0 Å². The van der Waals surface area contributed by atoms with Crippen molar-refractivity contribution in [3.63, 3.8) is 0 Å². The molecule has 148 valence electrons. The summed E-state index contributed by atoms with van der Waals surface area (Å²) in [6, 6.07) is 6.33. The third-order valence-corrected chi connectivity index (χ3v) is 4.88. The van der Waals surface area contributed by atoms with Crippen LogP contribution < -0.4 is 4.72 Å². The SMILES string of the molecule is CCCc1cc(-n2cc(-c3ccc(NS(=O)(=O)C(F)(F)F)cn3)cn2)ccn1. The Kier molecular flexibility index (Phi) is 5.36. The summed E-state index contributed by atoms with van der Waals surface area (Å²) in [7, 11) is -5.48. The minimum atomic E-state index is -5.48. The Morgan fingerprint density at radius 2 is 1.93 bits per heavy atom. The molecule has 11 heteroatoms. The zero-order valence-electron chi connectivity index (χ0n) is 14.7. The minimum Gasteiger partial charge on any atom is -0.274 e. The molecule has 1 N–H and O–H groups in total. The number of nitrogens with one attached hydrogen (secondary N) is 1. The van der Waals surface area contributed by atoms with E-state index < -0.39 is 15.5 Å². The smallest absolute Gasteiger partial charge is 0.274 e. The van der Waals surface area contributed by atoms with Crippen LogP contribution in [0.5, 0.6) is 0 Å². The number of halogens is 3. The van der Waals surface area contributed by atoms with Crippen LogP contribution in [0.3, 0.4) is 0 Å². The number of rotatable bonds is 6. The molecule has 0 aliphatic heterocycles. The van der Waals surface area contributed by atoms with Crippen molar-refractivity contribution in [1.82, 2.24) is 19.7 Å². The van der Waals surface area contributed by atoms with E-state index in [1.54, 1.807) is 29.3 Å². The first kappa shape index (κ1) is 19.8. The van der Waals surface area contributed by atoms with E-state index in [9.17, 15) is 21.6 Å². The molecule has 3 rings (SSSR count). The summed E-state index contributed by atoms with van der Waals surface area (Å²) in [5, 5.41) is 4.27. The van der Waals surface area contributed by atoms with Crippen LogP contribution in [0, 0.1) is 0 Å². The number of pyridine rings is 2. The van der Waals surface area contributed by atoms with Gasteiger partial charge in [0.25, 0.3) is 0 Å². The van der Waals surface area contributed by atoms with Gasteiger partial charge in [-0.05, 0) is 30.7 Å². The predicted octanol–water partition coefficient (Wildman–Crippen LogP) is 3.54. The average Bonchev–Trinajstić information content (AvgIpc) is 3.12. The van der Waals surface area contributed by atoms with Crippen molar-refractivity contribution in [1.29, 1.82) is 0 Å². The number of nitrogens with zero attached hydrogens (tertiary/aromatic N) is 4. The van der Waals surface area contributed by atoms with Gasteiger partial charge in [-0.2, -0.15) is 26.7 Å². The average molecular weight is 411 g/mol. The normalized spacial score (nSPS) is 12.1. The Hall–Kier alpha value is -2.95. The molecule has 0 bridgehead atoms. The van der Waals surface area contributed by atoms with Crippen molar-refractivity contribution < 1.29 is 21.6 Å². The van der Waals surface area contributed by atoms with Gasteiger partial charge in [0.05, 0.1) is 29.5 Å². The van der Waals surface area contributed by atoms with Gasteiger partial charge in [0.2, 0.25) is 0 Å². The van der Waals surface area contributed by atoms with Crippen molar-refractivity contribution in [2.75, 3.05) is 4.72 Å². The third-order valence-electron chi connectivity index (χ3n) is 3.77. The number of aryl methyl sites for hydroxylation is 1. The highest BCUT2D eigenvalue weighted by Crippen LogP contribution is 2.26. The molecule has 0 saturated carbocycles. The molecule has 0 spiro atoms. The molecule has 28 heavy (non-hydrogen) atoms. The first-order valence-corrected chi connectivity index (χ1v) is 9.73. The van der Waals surface area contributed by atoms with Gasteiger partial charge in [-0.1, -0.05) is 13.3 Å². The molecule has 0 fully saturated rings. The molecule has 0 aromatic carbocycles. The Labute approximate surface area is 159 Å². The molecule has 7 nitrogen and oxygen atoms in total. The van der Waals surface area contributed by atoms with Crippen LogP contribution >= 0.6 is 0 Å². The van der Waals surface area contributed by atoms with E-state index in [-0.39, 0.29) is 5.69 Å². The lowest BCUT2D eigenvalue weighted by Gasteiger charge is -2.10. The molecule has 3 aromatic rings. The summed E-state index contributed by atoms with van der Waals surface area (Å²) in [6.07, 6.45) is 7.80. The van der Waals surface area contributed by atoms with Crippen LogP contribution in [0.25, 0.3) is 16.9 Å². The summed E-state index contributed by atoms with van der Waals surface area (Å²) in [6.45, 7) is 2.06. The van der Waals surface area contributed by atoms with Crippen molar-refractivity contribution in [3.8, 4) is 16.9 Å². The van der Waals surface area contributed by atoms with E-state index in [0.29, 0.717) is 11.3 Å². The second kappa shape index (κ2) is 7.58. The van der Waals surface area contributed by atoms with E-state index in [1.807, 2.05) is 6.07 Å². The second-order valence-electron chi connectivity index (χ2n) is 5.91. The summed E-state index contributed by atoms with van der Waals surface area (Å²) in [5.41, 5.74) is -2.86. The third kappa shape index (κ3) is 4.30. The Morgan fingerprint density at radius 1 is 1.14 bits per heavy atom. The van der Waals surface area contributed by atoms with Gasteiger partial charge in [0.15, 0.2) is 0 Å². The molecule has 0 aliphatic carbocycles. The number of sulfonamides is 1. The largest absolute Gasteiger partial charge is 0.516 e. The minimum absolute atomic E-state index is 0.285. The Bertz CT molecular complexity index is 1060. The molecule has 0 saturated heterocycles. The molecular weight excluding hydrogens is 395 g/mol. The van der Waals surface area contributed by atoms with Crippen LogP contribution in [0.2, 0.25) is 0 Å². The highest BCUT2D eigenvalue weighted by Gasteiger charge is 2.46. The molecule has 3 heterocycles.